The molecule has 0 N–H and O–H groups in total. The zero-order chi connectivity index (χ0) is 15.3. The Hall–Kier alpha value is -1.09. The second kappa shape index (κ2) is 4.73. The summed E-state index contributed by atoms with van der Waals surface area (Å²) in [6.07, 6.45) is 1.70. The number of fused-ring (bicyclic) bond motifs is 1. The van der Waals surface area contributed by atoms with Crippen LogP contribution in [0.25, 0.3) is 0 Å². The number of sulfone groups is 1. The van der Waals surface area contributed by atoms with Crippen molar-refractivity contribution < 1.29 is 13.2 Å². The summed E-state index contributed by atoms with van der Waals surface area (Å²) in [7, 11) is -3.33. The first-order valence-electron chi connectivity index (χ1n) is 7.02. The Morgan fingerprint density at radius 2 is 2.00 bits per heavy atom. The molecule has 0 aromatic heterocycles. The summed E-state index contributed by atoms with van der Waals surface area (Å²) >= 11 is 0. The molecule has 1 aliphatic heterocycles. The summed E-state index contributed by atoms with van der Waals surface area (Å²) < 4.78 is 23.5. The molecule has 4 unspecified atom stereocenters. The molecule has 0 bridgehead atoms. The smallest absolute Gasteiger partial charge is 0.227 e. The second-order valence-electron chi connectivity index (χ2n) is 6.98. The molecule has 2 fully saturated rings. The maximum absolute atomic E-state index is 12.5. The summed E-state index contributed by atoms with van der Waals surface area (Å²) in [5.74, 6) is -0.472. The number of carbonyl (C=O) groups excluding carboxylic acids is 1. The molecule has 20 heavy (non-hydrogen) atoms. The number of amides is 1. The molecule has 1 heterocycles. The molecule has 1 saturated carbocycles. The van der Waals surface area contributed by atoms with Crippen LogP contribution in [0.5, 0.6) is 0 Å². The van der Waals surface area contributed by atoms with Crippen molar-refractivity contribution in [2.45, 2.75) is 57.4 Å². The molecule has 0 aromatic rings. The zero-order valence-corrected chi connectivity index (χ0v) is 13.3. The summed E-state index contributed by atoms with van der Waals surface area (Å²) in [5.41, 5.74) is 0. The summed E-state index contributed by atoms with van der Waals surface area (Å²) in [5, 5.41) is 9.11. The van der Waals surface area contributed by atoms with Gasteiger partial charge in [0.25, 0.3) is 0 Å². The first-order chi connectivity index (χ1) is 9.08. The normalized spacial score (nSPS) is 30.6. The minimum absolute atomic E-state index is 0.151. The Kier molecular flexibility index (Phi) is 3.62. The Morgan fingerprint density at radius 3 is 2.50 bits per heavy atom. The number of piperidine rings is 1. The molecule has 0 spiro atoms. The van der Waals surface area contributed by atoms with Gasteiger partial charge in [-0.2, -0.15) is 5.26 Å². The molecular weight excluding hydrogens is 276 g/mol. The maximum atomic E-state index is 12.5. The third-order valence-corrected chi connectivity index (χ3v) is 7.14. The van der Waals surface area contributed by atoms with Crippen LogP contribution in [0.4, 0.5) is 0 Å². The fourth-order valence-electron chi connectivity index (χ4n) is 2.79. The van der Waals surface area contributed by atoms with Crippen LogP contribution in [0.2, 0.25) is 0 Å². The van der Waals surface area contributed by atoms with Gasteiger partial charge in [0.1, 0.15) is 6.04 Å². The lowest BCUT2D eigenvalue weighted by molar-refractivity contribution is -0.135. The highest BCUT2D eigenvalue weighted by Crippen LogP contribution is 2.48. The number of nitriles is 1. The Labute approximate surface area is 120 Å². The zero-order valence-electron chi connectivity index (χ0n) is 12.5. The topological polar surface area (TPSA) is 78.2 Å². The molecule has 6 heteroatoms. The van der Waals surface area contributed by atoms with E-state index in [1.165, 1.54) is 0 Å². The van der Waals surface area contributed by atoms with Gasteiger partial charge < -0.3 is 4.90 Å². The highest BCUT2D eigenvalue weighted by molar-refractivity contribution is 7.92. The van der Waals surface area contributed by atoms with Gasteiger partial charge in [0.15, 0.2) is 9.84 Å². The molecule has 2 rings (SSSR count). The van der Waals surface area contributed by atoms with E-state index in [0.29, 0.717) is 5.92 Å². The number of hydrogen-bond acceptors (Lipinski definition) is 4. The van der Waals surface area contributed by atoms with Gasteiger partial charge in [-0.1, -0.05) is 6.92 Å². The first kappa shape index (κ1) is 15.3. The van der Waals surface area contributed by atoms with Crippen LogP contribution in [0, 0.1) is 23.2 Å². The van der Waals surface area contributed by atoms with E-state index < -0.39 is 20.5 Å². The highest BCUT2D eigenvalue weighted by atomic mass is 32.2. The van der Waals surface area contributed by atoms with Crippen LogP contribution < -0.4 is 0 Å². The van der Waals surface area contributed by atoms with Crippen molar-refractivity contribution in [3.63, 3.8) is 0 Å². The van der Waals surface area contributed by atoms with E-state index in [9.17, 15) is 13.2 Å². The fraction of sp³-hybridized carbons (Fsp3) is 0.857. The molecular formula is C14H22N2O3S. The van der Waals surface area contributed by atoms with Crippen molar-refractivity contribution in [1.29, 1.82) is 5.26 Å². The third-order valence-electron chi connectivity index (χ3n) is 4.33. The number of carbonyl (C=O) groups is 1. The second-order valence-corrected chi connectivity index (χ2v) is 9.77. The number of hydrogen-bond donors (Lipinski definition) is 0. The minimum atomic E-state index is -3.33. The van der Waals surface area contributed by atoms with E-state index >= 15 is 0 Å². The van der Waals surface area contributed by atoms with Crippen molar-refractivity contribution >= 4 is 15.7 Å². The SMILES string of the molecule is CC(CS(=O)(=O)C(C)(C)C)C(=O)N1C(C#N)CC2CC21. The molecule has 4 atom stereocenters. The van der Waals surface area contributed by atoms with Gasteiger partial charge in [-0.15, -0.1) is 0 Å². The number of nitrogens with zero attached hydrogens (tertiary/aromatic N) is 2. The van der Waals surface area contributed by atoms with E-state index in [-0.39, 0.29) is 23.7 Å². The molecule has 1 amide bonds. The fourth-order valence-corrected chi connectivity index (χ4v) is 4.09. The Bertz CT molecular complexity index is 556. The van der Waals surface area contributed by atoms with E-state index in [2.05, 4.69) is 6.07 Å². The molecule has 112 valence electrons. The van der Waals surface area contributed by atoms with Crippen LogP contribution in [0.1, 0.15) is 40.5 Å². The van der Waals surface area contributed by atoms with Gasteiger partial charge in [-0.25, -0.2) is 8.42 Å². The predicted molar refractivity (Wildman–Crippen MR) is 75.5 cm³/mol. The van der Waals surface area contributed by atoms with E-state index in [4.69, 9.17) is 5.26 Å². The van der Waals surface area contributed by atoms with E-state index in [0.717, 1.165) is 12.8 Å². The monoisotopic (exact) mass is 298 g/mol. The van der Waals surface area contributed by atoms with E-state index in [1.54, 1.807) is 32.6 Å². The van der Waals surface area contributed by atoms with Gasteiger partial charge in [0, 0.05) is 12.0 Å². The van der Waals surface area contributed by atoms with Crippen LogP contribution in [-0.2, 0) is 14.6 Å². The van der Waals surface area contributed by atoms with Crippen molar-refractivity contribution in [3.8, 4) is 6.07 Å². The average molecular weight is 298 g/mol. The first-order valence-corrected chi connectivity index (χ1v) is 8.68. The van der Waals surface area contributed by atoms with Crippen LogP contribution >= 0.6 is 0 Å². The van der Waals surface area contributed by atoms with Gasteiger partial charge in [-0.3, -0.25) is 4.79 Å². The molecule has 0 radical (unpaired) electrons. The van der Waals surface area contributed by atoms with Crippen LogP contribution in [0.3, 0.4) is 0 Å². The summed E-state index contributed by atoms with van der Waals surface area (Å²) in [6, 6.07) is 1.96. The van der Waals surface area contributed by atoms with Crippen LogP contribution in [0.15, 0.2) is 0 Å². The van der Waals surface area contributed by atoms with Crippen molar-refractivity contribution in [2.75, 3.05) is 5.75 Å². The third kappa shape index (κ3) is 2.56. The Morgan fingerprint density at radius 1 is 1.40 bits per heavy atom. The highest BCUT2D eigenvalue weighted by Gasteiger charge is 2.54. The lowest BCUT2D eigenvalue weighted by Crippen LogP contribution is -2.44. The van der Waals surface area contributed by atoms with Crippen LogP contribution in [-0.4, -0.2) is 41.8 Å². The lowest BCUT2D eigenvalue weighted by Gasteiger charge is -2.27. The molecule has 1 saturated heterocycles. The molecule has 1 aliphatic carbocycles. The predicted octanol–water partition coefficient (Wildman–Crippen LogP) is 1.35. The van der Waals surface area contributed by atoms with Gasteiger partial charge in [-0.05, 0) is 39.5 Å². The number of rotatable bonds is 3. The molecule has 2 aliphatic rings. The van der Waals surface area contributed by atoms with Crippen molar-refractivity contribution in [1.82, 2.24) is 4.90 Å². The van der Waals surface area contributed by atoms with Crippen molar-refractivity contribution in [2.24, 2.45) is 11.8 Å². The van der Waals surface area contributed by atoms with Gasteiger partial charge in [0.2, 0.25) is 5.91 Å². The number of likely N-dealkylation sites (tertiary alicyclic amines) is 1. The van der Waals surface area contributed by atoms with Gasteiger partial charge in [0.05, 0.1) is 16.6 Å². The summed E-state index contributed by atoms with van der Waals surface area (Å²) in [4.78, 5) is 14.1. The average Bonchev–Trinajstić information content (AvgIpc) is 2.97. The largest absolute Gasteiger partial charge is 0.323 e. The lowest BCUT2D eigenvalue weighted by atomic mass is 10.1. The van der Waals surface area contributed by atoms with Gasteiger partial charge >= 0.3 is 0 Å². The molecule has 0 aromatic carbocycles. The summed E-state index contributed by atoms with van der Waals surface area (Å²) in [6.45, 7) is 6.58. The maximum Gasteiger partial charge on any atom is 0.227 e. The molecule has 5 nitrogen and oxygen atoms in total. The van der Waals surface area contributed by atoms with Crippen molar-refractivity contribution in [3.05, 3.63) is 0 Å². The Balaban J connectivity index is 2.09. The van der Waals surface area contributed by atoms with E-state index in [1.807, 2.05) is 0 Å². The standard InChI is InChI=1S/C14H22N2O3S/c1-9(8-20(18,19)14(2,3)4)13(17)16-11(7-15)5-10-6-12(10)16/h9-12H,5-6,8H2,1-4H3. The minimum Gasteiger partial charge on any atom is -0.323 e. The quantitative estimate of drug-likeness (QED) is 0.788.